The molecule has 1 aromatic rings. The molecule has 0 saturated heterocycles. The molecule has 1 aromatic carbocycles. The molecule has 0 aliphatic carbocycles. The van der Waals surface area contributed by atoms with Crippen LogP contribution >= 0.6 is 0 Å². The summed E-state index contributed by atoms with van der Waals surface area (Å²) in [7, 11) is 1.46. The van der Waals surface area contributed by atoms with Crippen LogP contribution in [0, 0.1) is 5.92 Å². The van der Waals surface area contributed by atoms with E-state index in [0.29, 0.717) is 24.2 Å². The number of rotatable bonds is 7. The molecule has 5 heteroatoms. The number of ether oxygens (including phenoxy) is 1. The van der Waals surface area contributed by atoms with Gasteiger partial charge in [-0.1, -0.05) is 19.1 Å². The number of methoxy groups -OCH3 is 1. The summed E-state index contributed by atoms with van der Waals surface area (Å²) < 4.78 is 4.95. The van der Waals surface area contributed by atoms with Gasteiger partial charge in [-0.25, -0.2) is 4.79 Å². The van der Waals surface area contributed by atoms with Crippen molar-refractivity contribution in [1.82, 2.24) is 0 Å². The van der Waals surface area contributed by atoms with Gasteiger partial charge in [-0.3, -0.25) is 0 Å². The van der Waals surface area contributed by atoms with Gasteiger partial charge >= 0.3 is 5.97 Å². The average Bonchev–Trinajstić information content (AvgIpc) is 2.42. The van der Waals surface area contributed by atoms with Crippen molar-refractivity contribution in [3.8, 4) is 11.5 Å². The maximum Gasteiger partial charge on any atom is 0.327 e. The highest BCUT2D eigenvalue weighted by Gasteiger charge is 2.17. The Morgan fingerprint density at radius 2 is 2.15 bits per heavy atom. The minimum Gasteiger partial charge on any atom is -0.504 e. The van der Waals surface area contributed by atoms with Crippen LogP contribution in [0.2, 0.25) is 0 Å². The Kier molecular flexibility index (Phi) is 6.06. The molecule has 2 atom stereocenters. The summed E-state index contributed by atoms with van der Waals surface area (Å²) in [5.41, 5.74) is 0.609. The molecular weight excluding hydrogens is 260 g/mol. The van der Waals surface area contributed by atoms with E-state index in [0.717, 1.165) is 6.08 Å². The third-order valence-electron chi connectivity index (χ3n) is 3.13. The number of aliphatic carboxylic acids is 1. The summed E-state index contributed by atoms with van der Waals surface area (Å²) in [5.74, 6) is -0.681. The molecule has 0 spiro atoms. The van der Waals surface area contributed by atoms with Crippen LogP contribution in [-0.2, 0) is 4.79 Å². The summed E-state index contributed by atoms with van der Waals surface area (Å²) in [5, 5.41) is 28.3. The number of aliphatic hydroxyl groups is 1. The third-order valence-corrected chi connectivity index (χ3v) is 3.13. The van der Waals surface area contributed by atoms with Crippen molar-refractivity contribution in [2.24, 2.45) is 5.92 Å². The number of carboxylic acid groups (broad SMARTS) is 1. The molecule has 0 amide bonds. The first-order valence-electron chi connectivity index (χ1n) is 6.40. The van der Waals surface area contributed by atoms with E-state index in [2.05, 4.69) is 0 Å². The minimum atomic E-state index is -0.974. The summed E-state index contributed by atoms with van der Waals surface area (Å²) in [6, 6.07) is 4.78. The Labute approximate surface area is 118 Å². The molecule has 0 saturated carbocycles. The van der Waals surface area contributed by atoms with Gasteiger partial charge in [-0.2, -0.15) is 0 Å². The zero-order valence-electron chi connectivity index (χ0n) is 11.6. The smallest absolute Gasteiger partial charge is 0.327 e. The van der Waals surface area contributed by atoms with Gasteiger partial charge in [0.1, 0.15) is 0 Å². The van der Waals surface area contributed by atoms with Crippen molar-refractivity contribution in [3.05, 3.63) is 35.9 Å². The van der Waals surface area contributed by atoms with Gasteiger partial charge in [0.05, 0.1) is 13.2 Å². The highest BCUT2D eigenvalue weighted by atomic mass is 16.5. The fourth-order valence-corrected chi connectivity index (χ4v) is 1.92. The Balaban J connectivity index is 2.62. The van der Waals surface area contributed by atoms with Crippen LogP contribution in [0.3, 0.4) is 0 Å². The number of aliphatic hydroxyl groups excluding tert-OH is 1. The maximum absolute atomic E-state index is 10.3. The highest BCUT2D eigenvalue weighted by Crippen LogP contribution is 2.32. The summed E-state index contributed by atoms with van der Waals surface area (Å²) in [4.78, 5) is 10.3. The lowest BCUT2D eigenvalue weighted by Crippen LogP contribution is -2.09. The van der Waals surface area contributed by atoms with Gasteiger partial charge in [0.2, 0.25) is 0 Å². The summed E-state index contributed by atoms with van der Waals surface area (Å²) in [6.45, 7) is 1.88. The molecule has 0 heterocycles. The predicted octanol–water partition coefficient (Wildman–Crippen LogP) is 2.49. The molecule has 0 unspecified atom stereocenters. The SMILES string of the molecule is COc1ccc([C@H](O)[C@@H](C)CC/C=C/C(=O)O)cc1O. The topological polar surface area (TPSA) is 87.0 Å². The van der Waals surface area contributed by atoms with Gasteiger partial charge in [0.15, 0.2) is 11.5 Å². The highest BCUT2D eigenvalue weighted by molar-refractivity contribution is 5.79. The number of hydrogen-bond acceptors (Lipinski definition) is 4. The monoisotopic (exact) mass is 280 g/mol. The molecule has 3 N–H and O–H groups in total. The third kappa shape index (κ3) is 4.59. The molecular formula is C15H20O5. The van der Waals surface area contributed by atoms with Gasteiger partial charge in [0, 0.05) is 6.08 Å². The molecule has 20 heavy (non-hydrogen) atoms. The fourth-order valence-electron chi connectivity index (χ4n) is 1.92. The maximum atomic E-state index is 10.3. The first-order valence-corrected chi connectivity index (χ1v) is 6.40. The quantitative estimate of drug-likeness (QED) is 0.668. The van der Waals surface area contributed by atoms with E-state index in [-0.39, 0.29) is 11.7 Å². The van der Waals surface area contributed by atoms with Crippen molar-refractivity contribution in [3.63, 3.8) is 0 Å². The lowest BCUT2D eigenvalue weighted by Gasteiger charge is -2.19. The Bertz CT molecular complexity index is 481. The number of allylic oxidation sites excluding steroid dienone is 1. The van der Waals surface area contributed by atoms with Crippen molar-refractivity contribution in [2.75, 3.05) is 7.11 Å². The molecule has 0 fully saturated rings. The Morgan fingerprint density at radius 1 is 1.45 bits per heavy atom. The summed E-state index contributed by atoms with van der Waals surface area (Å²) in [6.07, 6.45) is 3.17. The lowest BCUT2D eigenvalue weighted by atomic mass is 9.93. The van der Waals surface area contributed by atoms with Crippen molar-refractivity contribution >= 4 is 5.97 Å². The molecule has 0 aliphatic heterocycles. The molecule has 110 valence electrons. The van der Waals surface area contributed by atoms with Crippen LogP contribution in [0.5, 0.6) is 11.5 Å². The van der Waals surface area contributed by atoms with Crippen LogP contribution in [0.25, 0.3) is 0 Å². The van der Waals surface area contributed by atoms with Gasteiger partial charge in [-0.05, 0) is 36.5 Å². The van der Waals surface area contributed by atoms with Crippen molar-refractivity contribution < 1.29 is 24.9 Å². The van der Waals surface area contributed by atoms with E-state index in [1.165, 1.54) is 13.2 Å². The van der Waals surface area contributed by atoms with E-state index in [9.17, 15) is 15.0 Å². The molecule has 0 bridgehead atoms. The number of phenols is 1. The standard InChI is InChI=1S/C15H20O5/c1-10(5-3-4-6-14(17)18)15(19)11-7-8-13(20-2)12(16)9-11/h4,6-10,15-16,19H,3,5H2,1-2H3,(H,17,18)/b6-4+/t10-,15+/m0/s1. The van der Waals surface area contributed by atoms with E-state index in [4.69, 9.17) is 9.84 Å². The Morgan fingerprint density at radius 3 is 2.70 bits per heavy atom. The second kappa shape index (κ2) is 7.55. The van der Waals surface area contributed by atoms with Gasteiger partial charge in [-0.15, -0.1) is 0 Å². The molecule has 5 nitrogen and oxygen atoms in total. The van der Waals surface area contributed by atoms with Crippen LogP contribution in [0.15, 0.2) is 30.4 Å². The number of carboxylic acids is 1. The van der Waals surface area contributed by atoms with E-state index in [1.807, 2.05) is 6.92 Å². The number of benzene rings is 1. The van der Waals surface area contributed by atoms with Crippen molar-refractivity contribution in [2.45, 2.75) is 25.9 Å². The van der Waals surface area contributed by atoms with Gasteiger partial charge in [0.25, 0.3) is 0 Å². The minimum absolute atomic E-state index is 0.0120. The summed E-state index contributed by atoms with van der Waals surface area (Å²) >= 11 is 0. The van der Waals surface area contributed by atoms with Gasteiger partial charge < -0.3 is 20.1 Å². The largest absolute Gasteiger partial charge is 0.504 e. The number of phenolic OH excluding ortho intramolecular Hbond substituents is 1. The fraction of sp³-hybridized carbons (Fsp3) is 0.400. The second-order valence-electron chi connectivity index (χ2n) is 4.67. The van der Waals surface area contributed by atoms with Crippen LogP contribution in [0.4, 0.5) is 0 Å². The number of carbonyl (C=O) groups is 1. The predicted molar refractivity (Wildman–Crippen MR) is 74.8 cm³/mol. The second-order valence-corrected chi connectivity index (χ2v) is 4.67. The van der Waals surface area contributed by atoms with Crippen LogP contribution in [0.1, 0.15) is 31.4 Å². The molecule has 0 aliphatic rings. The molecule has 1 rings (SSSR count). The number of aromatic hydroxyl groups is 1. The zero-order valence-corrected chi connectivity index (χ0v) is 11.6. The van der Waals surface area contributed by atoms with E-state index < -0.39 is 12.1 Å². The van der Waals surface area contributed by atoms with E-state index in [1.54, 1.807) is 18.2 Å². The zero-order chi connectivity index (χ0) is 15.1. The average molecular weight is 280 g/mol. The van der Waals surface area contributed by atoms with Crippen LogP contribution in [-0.4, -0.2) is 28.4 Å². The van der Waals surface area contributed by atoms with E-state index >= 15 is 0 Å². The van der Waals surface area contributed by atoms with Crippen molar-refractivity contribution in [1.29, 1.82) is 0 Å². The van der Waals surface area contributed by atoms with Crippen LogP contribution < -0.4 is 4.74 Å². The lowest BCUT2D eigenvalue weighted by molar-refractivity contribution is -0.131. The number of hydrogen-bond donors (Lipinski definition) is 3. The molecule has 0 radical (unpaired) electrons. The Hall–Kier alpha value is -2.01. The first kappa shape index (κ1) is 16.0. The first-order chi connectivity index (χ1) is 9.45. The normalized spacial score (nSPS) is 14.2. The molecule has 0 aromatic heterocycles.